The van der Waals surface area contributed by atoms with E-state index < -0.39 is 0 Å². The smallest absolute Gasteiger partial charge is 0.131 e. The number of aryl methyl sites for hydroxylation is 2. The van der Waals surface area contributed by atoms with Gasteiger partial charge in [-0.3, -0.25) is 0 Å². The first-order valence-electron chi connectivity index (χ1n) is 8.07. The summed E-state index contributed by atoms with van der Waals surface area (Å²) < 4.78 is 14.0. The molecule has 118 valence electrons. The molecule has 0 bridgehead atoms. The van der Waals surface area contributed by atoms with E-state index in [1.807, 2.05) is 57.2 Å². The molecular formula is C22H23F. The van der Waals surface area contributed by atoms with Gasteiger partial charge in [0.15, 0.2) is 0 Å². The van der Waals surface area contributed by atoms with Crippen molar-refractivity contribution >= 4 is 0 Å². The van der Waals surface area contributed by atoms with Crippen molar-refractivity contribution in [3.05, 3.63) is 83.7 Å². The number of hydrogen-bond acceptors (Lipinski definition) is 0. The molecule has 0 N–H and O–H groups in total. The van der Waals surface area contributed by atoms with Crippen molar-refractivity contribution in [2.45, 2.75) is 27.7 Å². The van der Waals surface area contributed by atoms with Crippen LogP contribution in [-0.4, -0.2) is 0 Å². The summed E-state index contributed by atoms with van der Waals surface area (Å²) in [6.45, 7) is 7.97. The molecule has 0 saturated carbocycles. The van der Waals surface area contributed by atoms with Crippen LogP contribution in [0.1, 0.15) is 25.0 Å². The Labute approximate surface area is 138 Å². The lowest BCUT2D eigenvalue weighted by Crippen LogP contribution is -1.86. The summed E-state index contributed by atoms with van der Waals surface area (Å²) in [7, 11) is 0. The zero-order valence-corrected chi connectivity index (χ0v) is 14.2. The number of rotatable bonds is 2. The van der Waals surface area contributed by atoms with Crippen molar-refractivity contribution in [2.24, 2.45) is 0 Å². The third-order valence-electron chi connectivity index (χ3n) is 3.71. The Kier molecular flexibility index (Phi) is 5.70. The van der Waals surface area contributed by atoms with E-state index in [-0.39, 0.29) is 5.82 Å². The molecule has 0 aromatic heterocycles. The van der Waals surface area contributed by atoms with Gasteiger partial charge in [-0.1, -0.05) is 80.1 Å². The van der Waals surface area contributed by atoms with Gasteiger partial charge in [-0.25, -0.2) is 4.39 Å². The summed E-state index contributed by atoms with van der Waals surface area (Å²) in [5, 5.41) is 0. The Morgan fingerprint density at radius 3 is 1.52 bits per heavy atom. The molecule has 0 aliphatic heterocycles. The molecule has 0 unspecified atom stereocenters. The Morgan fingerprint density at radius 2 is 1.00 bits per heavy atom. The zero-order chi connectivity index (χ0) is 16.8. The first-order valence-corrected chi connectivity index (χ1v) is 8.07. The van der Waals surface area contributed by atoms with Gasteiger partial charge in [-0.15, -0.1) is 0 Å². The highest BCUT2D eigenvalue weighted by Gasteiger charge is 2.05. The minimum absolute atomic E-state index is 0.168. The lowest BCUT2D eigenvalue weighted by Gasteiger charge is -2.07. The average molecular weight is 306 g/mol. The standard InChI is InChI=1S/C20H17F.C2H6/c1-14-3-6-16(7-4-14)17-8-10-18(11-9-17)19-12-5-15(2)13-20(19)21;1-2/h3-13H,1-2H3;1-2H3. The van der Waals surface area contributed by atoms with Crippen LogP contribution in [0.2, 0.25) is 0 Å². The fourth-order valence-corrected chi connectivity index (χ4v) is 2.44. The molecule has 23 heavy (non-hydrogen) atoms. The molecule has 3 aromatic rings. The average Bonchev–Trinajstić information content (AvgIpc) is 2.58. The molecule has 0 heterocycles. The van der Waals surface area contributed by atoms with Gasteiger partial charge in [0.25, 0.3) is 0 Å². The summed E-state index contributed by atoms with van der Waals surface area (Å²) in [5.74, 6) is -0.168. The van der Waals surface area contributed by atoms with E-state index in [9.17, 15) is 4.39 Å². The highest BCUT2D eigenvalue weighted by molar-refractivity contribution is 5.71. The van der Waals surface area contributed by atoms with Crippen LogP contribution >= 0.6 is 0 Å². The van der Waals surface area contributed by atoms with Gasteiger partial charge < -0.3 is 0 Å². The zero-order valence-electron chi connectivity index (χ0n) is 14.2. The van der Waals surface area contributed by atoms with Gasteiger partial charge >= 0.3 is 0 Å². The van der Waals surface area contributed by atoms with Crippen LogP contribution < -0.4 is 0 Å². The highest BCUT2D eigenvalue weighted by Crippen LogP contribution is 2.27. The van der Waals surface area contributed by atoms with Crippen molar-refractivity contribution in [2.75, 3.05) is 0 Å². The maximum atomic E-state index is 14.0. The monoisotopic (exact) mass is 306 g/mol. The van der Waals surface area contributed by atoms with E-state index in [2.05, 4.69) is 31.2 Å². The molecule has 3 aromatic carbocycles. The molecule has 0 radical (unpaired) electrons. The molecule has 0 atom stereocenters. The second kappa shape index (κ2) is 7.73. The molecule has 0 saturated heterocycles. The van der Waals surface area contributed by atoms with Gasteiger partial charge in [0, 0.05) is 5.56 Å². The van der Waals surface area contributed by atoms with Crippen molar-refractivity contribution in [1.29, 1.82) is 0 Å². The Balaban J connectivity index is 0.000000924. The van der Waals surface area contributed by atoms with Gasteiger partial charge in [-0.2, -0.15) is 0 Å². The lowest BCUT2D eigenvalue weighted by atomic mass is 9.99. The highest BCUT2D eigenvalue weighted by atomic mass is 19.1. The predicted octanol–water partition coefficient (Wildman–Crippen LogP) is 6.80. The van der Waals surface area contributed by atoms with E-state index in [1.165, 1.54) is 11.1 Å². The van der Waals surface area contributed by atoms with Crippen LogP contribution in [0.15, 0.2) is 66.7 Å². The molecule has 0 fully saturated rings. The first-order chi connectivity index (χ1) is 11.1. The van der Waals surface area contributed by atoms with E-state index in [4.69, 9.17) is 0 Å². The van der Waals surface area contributed by atoms with E-state index in [0.29, 0.717) is 5.56 Å². The van der Waals surface area contributed by atoms with Crippen LogP contribution in [0.3, 0.4) is 0 Å². The van der Waals surface area contributed by atoms with Crippen LogP contribution in [0.4, 0.5) is 4.39 Å². The fourth-order valence-electron chi connectivity index (χ4n) is 2.44. The SMILES string of the molecule is CC.Cc1ccc(-c2ccc(-c3ccc(C)cc3F)cc2)cc1. The largest absolute Gasteiger partial charge is 0.206 e. The fraction of sp³-hybridized carbons (Fsp3) is 0.182. The van der Waals surface area contributed by atoms with Crippen molar-refractivity contribution in [1.82, 2.24) is 0 Å². The van der Waals surface area contributed by atoms with Gasteiger partial charge in [-0.05, 0) is 42.2 Å². The molecule has 0 aliphatic carbocycles. The predicted molar refractivity (Wildman–Crippen MR) is 98.1 cm³/mol. The molecule has 0 aliphatic rings. The topological polar surface area (TPSA) is 0 Å². The maximum Gasteiger partial charge on any atom is 0.131 e. The number of hydrogen-bond donors (Lipinski definition) is 0. The first kappa shape index (κ1) is 17.0. The van der Waals surface area contributed by atoms with Gasteiger partial charge in [0.1, 0.15) is 5.82 Å². The molecule has 0 nitrogen and oxygen atoms in total. The molecular weight excluding hydrogens is 283 g/mol. The van der Waals surface area contributed by atoms with Crippen molar-refractivity contribution in [3.8, 4) is 22.3 Å². The molecule has 0 amide bonds. The maximum absolute atomic E-state index is 14.0. The molecule has 1 heteroatoms. The Bertz CT molecular complexity index is 753. The van der Waals surface area contributed by atoms with Gasteiger partial charge in [0.05, 0.1) is 0 Å². The minimum Gasteiger partial charge on any atom is -0.206 e. The second-order valence-electron chi connectivity index (χ2n) is 5.43. The normalized spacial score (nSPS) is 9.96. The summed E-state index contributed by atoms with van der Waals surface area (Å²) in [6, 6.07) is 21.8. The number of halogens is 1. The van der Waals surface area contributed by atoms with Crippen LogP contribution in [0.5, 0.6) is 0 Å². The van der Waals surface area contributed by atoms with E-state index in [1.54, 1.807) is 6.07 Å². The van der Waals surface area contributed by atoms with E-state index in [0.717, 1.165) is 16.7 Å². The third-order valence-corrected chi connectivity index (χ3v) is 3.71. The van der Waals surface area contributed by atoms with Crippen LogP contribution in [0.25, 0.3) is 22.3 Å². The van der Waals surface area contributed by atoms with Crippen LogP contribution in [0, 0.1) is 19.7 Å². The van der Waals surface area contributed by atoms with Crippen molar-refractivity contribution in [3.63, 3.8) is 0 Å². The lowest BCUT2D eigenvalue weighted by molar-refractivity contribution is 0.630. The molecule has 3 rings (SSSR count). The van der Waals surface area contributed by atoms with E-state index >= 15 is 0 Å². The summed E-state index contributed by atoms with van der Waals surface area (Å²) in [6.07, 6.45) is 0. The van der Waals surface area contributed by atoms with Crippen molar-refractivity contribution < 1.29 is 4.39 Å². The third kappa shape index (κ3) is 4.07. The summed E-state index contributed by atoms with van der Waals surface area (Å²) in [5.41, 5.74) is 6.06. The minimum atomic E-state index is -0.168. The quantitative estimate of drug-likeness (QED) is 0.488. The summed E-state index contributed by atoms with van der Waals surface area (Å²) >= 11 is 0. The van der Waals surface area contributed by atoms with Gasteiger partial charge in [0.2, 0.25) is 0 Å². The van der Waals surface area contributed by atoms with Crippen LogP contribution in [-0.2, 0) is 0 Å². The number of benzene rings is 3. The Morgan fingerprint density at radius 1 is 0.565 bits per heavy atom. The second-order valence-corrected chi connectivity index (χ2v) is 5.43. The molecule has 0 spiro atoms. The Hall–Kier alpha value is -2.41. The summed E-state index contributed by atoms with van der Waals surface area (Å²) in [4.78, 5) is 0.